The van der Waals surface area contributed by atoms with Gasteiger partial charge >= 0.3 is 5.97 Å². The molecule has 0 spiro atoms. The molecular weight excluding hydrogens is 212 g/mol. The molecular formula is C15H22O2. The monoisotopic (exact) mass is 234 g/mol. The Bertz CT molecular complexity index is 372. The molecule has 0 radical (unpaired) electrons. The van der Waals surface area contributed by atoms with E-state index in [0.717, 1.165) is 12.0 Å². The minimum atomic E-state index is -0.895. The molecule has 17 heavy (non-hydrogen) atoms. The van der Waals surface area contributed by atoms with Gasteiger partial charge in [-0.2, -0.15) is 0 Å². The summed E-state index contributed by atoms with van der Waals surface area (Å²) in [5.41, 5.74) is 2.27. The van der Waals surface area contributed by atoms with Crippen molar-refractivity contribution in [3.63, 3.8) is 0 Å². The predicted molar refractivity (Wildman–Crippen MR) is 70.8 cm³/mol. The van der Waals surface area contributed by atoms with Gasteiger partial charge in [0, 0.05) is 12.0 Å². The Balaban J connectivity index is 2.81. The lowest BCUT2D eigenvalue weighted by atomic mass is 9.66. The fourth-order valence-electron chi connectivity index (χ4n) is 2.52. The van der Waals surface area contributed by atoms with Crippen molar-refractivity contribution >= 4 is 5.97 Å². The zero-order valence-corrected chi connectivity index (χ0v) is 11.0. The van der Waals surface area contributed by atoms with Gasteiger partial charge in [0.05, 0.1) is 0 Å². The molecule has 2 heteroatoms. The number of allylic oxidation sites excluding steroid dienone is 4. The first-order chi connectivity index (χ1) is 7.83. The molecule has 1 unspecified atom stereocenters. The Morgan fingerprint density at radius 3 is 2.71 bits per heavy atom. The third-order valence-corrected chi connectivity index (χ3v) is 3.50. The maximum Gasteiger partial charge on any atom is 0.328 e. The molecule has 1 aliphatic carbocycles. The van der Waals surface area contributed by atoms with Crippen molar-refractivity contribution in [2.45, 2.75) is 40.0 Å². The third-order valence-electron chi connectivity index (χ3n) is 3.50. The standard InChI is InChI=1S/C15H22O2/c1-11(10-14(16)17)7-8-13-12(2)6-5-9-15(13,3)4/h7-8,10,13H,2,5-6,9H2,1,3-4H3,(H,16,17). The molecule has 0 saturated heterocycles. The van der Waals surface area contributed by atoms with Gasteiger partial charge in [-0.1, -0.05) is 38.2 Å². The van der Waals surface area contributed by atoms with Crippen LogP contribution in [0.1, 0.15) is 40.0 Å². The number of rotatable bonds is 3. The van der Waals surface area contributed by atoms with Crippen LogP contribution in [0.3, 0.4) is 0 Å². The Hall–Kier alpha value is -1.31. The van der Waals surface area contributed by atoms with Gasteiger partial charge in [-0.15, -0.1) is 0 Å². The number of carbonyl (C=O) groups is 1. The topological polar surface area (TPSA) is 37.3 Å². The smallest absolute Gasteiger partial charge is 0.328 e. The first-order valence-electron chi connectivity index (χ1n) is 6.10. The van der Waals surface area contributed by atoms with Crippen molar-refractivity contribution in [2.75, 3.05) is 0 Å². The van der Waals surface area contributed by atoms with Crippen LogP contribution in [0.4, 0.5) is 0 Å². The molecule has 1 fully saturated rings. The summed E-state index contributed by atoms with van der Waals surface area (Å²) in [5.74, 6) is -0.540. The number of aliphatic carboxylic acids is 1. The van der Waals surface area contributed by atoms with E-state index in [1.165, 1.54) is 24.5 Å². The average Bonchev–Trinajstić information content (AvgIpc) is 2.14. The Kier molecular flexibility index (Phi) is 4.33. The molecule has 1 N–H and O–H groups in total. The molecule has 1 atom stereocenters. The molecule has 0 heterocycles. The van der Waals surface area contributed by atoms with E-state index >= 15 is 0 Å². The molecule has 0 bridgehead atoms. The van der Waals surface area contributed by atoms with Crippen molar-refractivity contribution in [1.82, 2.24) is 0 Å². The molecule has 0 amide bonds. The average molecular weight is 234 g/mol. The Morgan fingerprint density at radius 1 is 1.53 bits per heavy atom. The van der Waals surface area contributed by atoms with Crippen LogP contribution in [0.5, 0.6) is 0 Å². The first-order valence-corrected chi connectivity index (χ1v) is 6.10. The van der Waals surface area contributed by atoms with Crippen molar-refractivity contribution in [3.8, 4) is 0 Å². The van der Waals surface area contributed by atoms with E-state index in [4.69, 9.17) is 5.11 Å². The second kappa shape index (κ2) is 5.35. The zero-order valence-electron chi connectivity index (χ0n) is 11.0. The molecule has 0 aromatic carbocycles. The summed E-state index contributed by atoms with van der Waals surface area (Å²) in [6.07, 6.45) is 8.73. The van der Waals surface area contributed by atoms with Crippen molar-refractivity contribution in [1.29, 1.82) is 0 Å². The number of hydrogen-bond donors (Lipinski definition) is 1. The van der Waals surface area contributed by atoms with Crippen LogP contribution in [-0.2, 0) is 4.79 Å². The molecule has 1 saturated carbocycles. The van der Waals surface area contributed by atoms with Crippen molar-refractivity contribution < 1.29 is 9.90 Å². The maximum atomic E-state index is 10.5. The highest BCUT2D eigenvalue weighted by Crippen LogP contribution is 2.43. The fourth-order valence-corrected chi connectivity index (χ4v) is 2.52. The lowest BCUT2D eigenvalue weighted by Crippen LogP contribution is -2.27. The van der Waals surface area contributed by atoms with Gasteiger partial charge in [-0.25, -0.2) is 4.79 Å². The van der Waals surface area contributed by atoms with Crippen LogP contribution < -0.4 is 0 Å². The second-order valence-electron chi connectivity index (χ2n) is 5.56. The molecule has 1 rings (SSSR count). The van der Waals surface area contributed by atoms with Gasteiger partial charge in [0.1, 0.15) is 0 Å². The SMILES string of the molecule is C=C1CCCC(C)(C)C1C=CC(C)=CC(=O)O. The van der Waals surface area contributed by atoms with Gasteiger partial charge in [-0.05, 0) is 37.2 Å². The molecule has 1 aliphatic rings. The number of hydrogen-bond acceptors (Lipinski definition) is 1. The van der Waals surface area contributed by atoms with Gasteiger partial charge < -0.3 is 5.11 Å². The Morgan fingerprint density at radius 2 is 2.18 bits per heavy atom. The first kappa shape index (κ1) is 13.8. The van der Waals surface area contributed by atoms with E-state index in [0.29, 0.717) is 5.92 Å². The summed E-state index contributed by atoms with van der Waals surface area (Å²) < 4.78 is 0. The summed E-state index contributed by atoms with van der Waals surface area (Å²) in [5, 5.41) is 8.65. The van der Waals surface area contributed by atoms with Crippen LogP contribution in [0.15, 0.2) is 36.0 Å². The Labute approximate surface area is 104 Å². The van der Waals surface area contributed by atoms with Crippen LogP contribution in [0.25, 0.3) is 0 Å². The quantitative estimate of drug-likeness (QED) is 0.456. The molecule has 94 valence electrons. The lowest BCUT2D eigenvalue weighted by molar-refractivity contribution is -0.131. The van der Waals surface area contributed by atoms with Gasteiger partial charge in [-0.3, -0.25) is 0 Å². The minimum Gasteiger partial charge on any atom is -0.478 e. The number of carboxylic acids is 1. The van der Waals surface area contributed by atoms with Gasteiger partial charge in [0.15, 0.2) is 0 Å². The molecule has 0 aromatic heterocycles. The van der Waals surface area contributed by atoms with E-state index in [1.807, 2.05) is 13.0 Å². The van der Waals surface area contributed by atoms with Crippen molar-refractivity contribution in [2.24, 2.45) is 11.3 Å². The summed E-state index contributed by atoms with van der Waals surface area (Å²) in [6.45, 7) is 10.5. The molecule has 2 nitrogen and oxygen atoms in total. The van der Waals surface area contributed by atoms with Gasteiger partial charge in [0.2, 0.25) is 0 Å². The second-order valence-corrected chi connectivity index (χ2v) is 5.56. The van der Waals surface area contributed by atoms with Crippen LogP contribution in [-0.4, -0.2) is 11.1 Å². The predicted octanol–water partition coefficient (Wildman–Crippen LogP) is 3.96. The minimum absolute atomic E-state index is 0.231. The summed E-state index contributed by atoms with van der Waals surface area (Å²) in [6, 6.07) is 0. The van der Waals surface area contributed by atoms with E-state index in [-0.39, 0.29) is 5.41 Å². The van der Waals surface area contributed by atoms with E-state index in [1.54, 1.807) is 0 Å². The summed E-state index contributed by atoms with van der Waals surface area (Å²) >= 11 is 0. The summed E-state index contributed by atoms with van der Waals surface area (Å²) in [7, 11) is 0. The molecule has 0 aliphatic heterocycles. The highest BCUT2D eigenvalue weighted by Gasteiger charge is 2.32. The fraction of sp³-hybridized carbons (Fsp3) is 0.533. The van der Waals surface area contributed by atoms with E-state index < -0.39 is 5.97 Å². The van der Waals surface area contributed by atoms with Gasteiger partial charge in [0.25, 0.3) is 0 Å². The highest BCUT2D eigenvalue weighted by atomic mass is 16.4. The van der Waals surface area contributed by atoms with Crippen LogP contribution >= 0.6 is 0 Å². The number of carboxylic acid groups (broad SMARTS) is 1. The van der Waals surface area contributed by atoms with E-state index in [9.17, 15) is 4.79 Å². The third kappa shape index (κ3) is 3.88. The van der Waals surface area contributed by atoms with E-state index in [2.05, 4.69) is 26.5 Å². The maximum absolute atomic E-state index is 10.5. The zero-order chi connectivity index (χ0) is 13.1. The largest absolute Gasteiger partial charge is 0.478 e. The van der Waals surface area contributed by atoms with Crippen molar-refractivity contribution in [3.05, 3.63) is 36.0 Å². The normalized spacial score (nSPS) is 25.2. The molecule has 0 aromatic rings. The lowest BCUT2D eigenvalue weighted by Gasteiger charge is -2.38. The highest BCUT2D eigenvalue weighted by molar-refractivity contribution is 5.81. The van der Waals surface area contributed by atoms with Crippen LogP contribution in [0, 0.1) is 11.3 Å². The summed E-state index contributed by atoms with van der Waals surface area (Å²) in [4.78, 5) is 10.5. The van der Waals surface area contributed by atoms with Crippen LogP contribution in [0.2, 0.25) is 0 Å².